The Morgan fingerprint density at radius 2 is 2.12 bits per heavy atom. The van der Waals surface area contributed by atoms with Crippen LogP contribution in [-0.4, -0.2) is 47.5 Å². The quantitative estimate of drug-likeness (QED) is 0.435. The molecule has 3 rings (SSSR count). The van der Waals surface area contributed by atoms with E-state index < -0.39 is 23.8 Å². The number of anilines is 1. The summed E-state index contributed by atoms with van der Waals surface area (Å²) in [4.78, 5) is 24.7. The molecule has 0 radical (unpaired) electrons. The first kappa shape index (κ1) is 24.3. The Kier molecular flexibility index (Phi) is 7.44. The Bertz CT molecular complexity index is 1110. The number of aromatic nitrogens is 2. The number of halogens is 3. The molecule has 0 unspecified atom stereocenters. The summed E-state index contributed by atoms with van der Waals surface area (Å²) in [6, 6.07) is 0.752. The van der Waals surface area contributed by atoms with E-state index >= 15 is 0 Å². The molecule has 0 saturated carbocycles. The van der Waals surface area contributed by atoms with Gasteiger partial charge in [-0.25, -0.2) is 9.97 Å². The van der Waals surface area contributed by atoms with Crippen molar-refractivity contribution in [2.24, 2.45) is 4.99 Å². The van der Waals surface area contributed by atoms with E-state index in [2.05, 4.69) is 33.4 Å². The van der Waals surface area contributed by atoms with Gasteiger partial charge in [-0.05, 0) is 23.6 Å². The topological polar surface area (TPSA) is 112 Å². The number of pyridine rings is 2. The number of fused-ring (bicyclic) bond motifs is 3. The van der Waals surface area contributed by atoms with Gasteiger partial charge in [-0.15, -0.1) is 0 Å². The molecule has 8 nitrogen and oxygen atoms in total. The van der Waals surface area contributed by atoms with Crippen LogP contribution in [0.3, 0.4) is 0 Å². The maximum absolute atomic E-state index is 12.9. The molecule has 1 atom stereocenters. The molecule has 11 heteroatoms. The van der Waals surface area contributed by atoms with Crippen LogP contribution in [0.25, 0.3) is 10.9 Å². The summed E-state index contributed by atoms with van der Waals surface area (Å²) in [5.41, 5.74) is 7.04. The molecular weight excluding hydrogens is 439 g/mol. The molecule has 0 aromatic carbocycles. The second kappa shape index (κ2) is 10.1. The first-order chi connectivity index (χ1) is 15.6. The fourth-order valence-electron chi connectivity index (χ4n) is 3.14. The molecule has 0 saturated heterocycles. The van der Waals surface area contributed by atoms with Crippen LogP contribution in [0.5, 0.6) is 0 Å². The molecule has 1 aliphatic rings. The minimum atomic E-state index is -4.66. The number of nitrogens with two attached hydrogens (primary N) is 1. The monoisotopic (exact) mass is 463 g/mol. The third-order valence-electron chi connectivity index (χ3n) is 4.95. The Hall–Kier alpha value is -3.31. The van der Waals surface area contributed by atoms with Crippen LogP contribution in [-0.2, 0) is 22.7 Å². The van der Waals surface area contributed by atoms with E-state index in [-0.39, 0.29) is 17.9 Å². The van der Waals surface area contributed by atoms with E-state index in [0.717, 1.165) is 23.8 Å². The van der Waals surface area contributed by atoms with Crippen molar-refractivity contribution < 1.29 is 27.4 Å². The van der Waals surface area contributed by atoms with Gasteiger partial charge in [0.15, 0.2) is 0 Å². The summed E-state index contributed by atoms with van der Waals surface area (Å²) in [5.74, 6) is -0.200. The number of nitrogens with one attached hydrogen (secondary N) is 1. The number of hydrogen-bond donors (Lipinski definition) is 2. The van der Waals surface area contributed by atoms with E-state index in [1.807, 2.05) is 6.92 Å². The number of allylic oxidation sites excluding steroid dienone is 1. The standard InChI is InChI=1S/C22H24F3N5O3/c1-4-5-32-11-19(12(2)7-27-13(3)22(23,24)25)30-21(31)17-6-14-15-9-33-10-16(15)20(26)29-18(14)8-28-17/h6-8,19H,2-5,9-11H2,1H3,(H2,26,29)(H,30,31)/t19-/m1/s1. The zero-order valence-electron chi connectivity index (χ0n) is 18.0. The van der Waals surface area contributed by atoms with Crippen molar-refractivity contribution in [1.29, 1.82) is 0 Å². The van der Waals surface area contributed by atoms with Crippen molar-refractivity contribution >= 4 is 28.8 Å². The number of aliphatic imine (C=N–C) groups is 1. The molecule has 1 aliphatic heterocycles. The predicted octanol–water partition coefficient (Wildman–Crippen LogP) is 3.47. The normalized spacial score (nSPS) is 14.4. The average Bonchev–Trinajstić information content (AvgIpc) is 3.26. The zero-order valence-corrected chi connectivity index (χ0v) is 18.0. The van der Waals surface area contributed by atoms with E-state index in [4.69, 9.17) is 15.2 Å². The first-order valence-electron chi connectivity index (χ1n) is 10.1. The number of ether oxygens (including phenoxy) is 2. The van der Waals surface area contributed by atoms with Gasteiger partial charge < -0.3 is 20.5 Å². The molecular formula is C22H24F3N5O3. The van der Waals surface area contributed by atoms with Crippen molar-refractivity contribution in [2.45, 2.75) is 38.8 Å². The molecule has 3 N–H and O–H groups in total. The minimum absolute atomic E-state index is 0.00215. The van der Waals surface area contributed by atoms with Crippen molar-refractivity contribution in [3.63, 3.8) is 0 Å². The van der Waals surface area contributed by atoms with Gasteiger partial charge in [0.25, 0.3) is 5.91 Å². The van der Waals surface area contributed by atoms with E-state index in [0.29, 0.717) is 36.5 Å². The van der Waals surface area contributed by atoms with Crippen molar-refractivity contribution in [2.75, 3.05) is 18.9 Å². The highest BCUT2D eigenvalue weighted by atomic mass is 19.4. The molecule has 33 heavy (non-hydrogen) atoms. The number of nitrogen functional groups attached to an aromatic ring is 1. The Balaban J connectivity index is 1.82. The van der Waals surface area contributed by atoms with Gasteiger partial charge in [0, 0.05) is 23.8 Å². The summed E-state index contributed by atoms with van der Waals surface area (Å²) in [6.07, 6.45) is -1.58. The predicted molar refractivity (Wildman–Crippen MR) is 118 cm³/mol. The fraction of sp³-hybridized carbons (Fsp3) is 0.364. The molecule has 0 aliphatic carbocycles. The molecule has 3 heterocycles. The first-order valence-corrected chi connectivity index (χ1v) is 10.1. The van der Waals surface area contributed by atoms with Gasteiger partial charge in [0.2, 0.25) is 0 Å². The number of carbonyl (C=O) groups is 1. The third kappa shape index (κ3) is 5.74. The molecule has 0 bridgehead atoms. The Labute approximate surface area is 188 Å². The smallest absolute Gasteiger partial charge is 0.383 e. The summed E-state index contributed by atoms with van der Waals surface area (Å²) >= 11 is 0. The van der Waals surface area contributed by atoms with Gasteiger partial charge >= 0.3 is 6.18 Å². The van der Waals surface area contributed by atoms with Crippen LogP contribution >= 0.6 is 0 Å². The molecule has 2 aromatic heterocycles. The lowest BCUT2D eigenvalue weighted by molar-refractivity contribution is -0.0918. The van der Waals surface area contributed by atoms with Gasteiger partial charge in [0.1, 0.15) is 17.2 Å². The molecule has 0 spiro atoms. The Morgan fingerprint density at radius 1 is 1.39 bits per heavy atom. The largest absolute Gasteiger partial charge is 0.432 e. The van der Waals surface area contributed by atoms with Gasteiger partial charge in [-0.2, -0.15) is 13.2 Å². The molecule has 0 fully saturated rings. The van der Waals surface area contributed by atoms with E-state index in [1.54, 1.807) is 6.07 Å². The molecule has 176 valence electrons. The maximum atomic E-state index is 12.9. The Morgan fingerprint density at radius 3 is 2.82 bits per heavy atom. The van der Waals surface area contributed by atoms with Crippen LogP contribution in [0, 0.1) is 0 Å². The number of nitrogens with zero attached hydrogens (tertiary/aromatic N) is 3. The van der Waals surface area contributed by atoms with E-state index in [9.17, 15) is 18.0 Å². The van der Waals surface area contributed by atoms with Gasteiger partial charge in [-0.1, -0.05) is 20.1 Å². The highest BCUT2D eigenvalue weighted by molar-refractivity contribution is 5.98. The highest BCUT2D eigenvalue weighted by Crippen LogP contribution is 2.31. The van der Waals surface area contributed by atoms with Crippen LogP contribution < -0.4 is 11.1 Å². The van der Waals surface area contributed by atoms with Crippen molar-refractivity contribution in [1.82, 2.24) is 15.3 Å². The van der Waals surface area contributed by atoms with E-state index in [1.165, 1.54) is 6.20 Å². The second-order valence-electron chi connectivity index (χ2n) is 7.41. The van der Waals surface area contributed by atoms with Gasteiger partial charge in [0.05, 0.1) is 37.6 Å². The number of rotatable bonds is 9. The summed E-state index contributed by atoms with van der Waals surface area (Å²) in [7, 11) is 0. The molecule has 2 aromatic rings. The van der Waals surface area contributed by atoms with Crippen molar-refractivity contribution in [3.8, 4) is 0 Å². The SMILES string of the molecule is C=C(C=NC(=C)C(F)(F)F)[C@@H](COCCC)NC(=O)c1cc2c3c(c(N)nc2cn1)COC3. The summed E-state index contributed by atoms with van der Waals surface area (Å²) in [5, 5.41) is 3.39. The lowest BCUT2D eigenvalue weighted by Crippen LogP contribution is -2.40. The summed E-state index contributed by atoms with van der Waals surface area (Å²) < 4.78 is 48.9. The van der Waals surface area contributed by atoms with Crippen molar-refractivity contribution in [3.05, 3.63) is 53.5 Å². The zero-order chi connectivity index (χ0) is 24.2. The number of carbonyl (C=O) groups excluding carboxylic acids is 1. The number of hydrogen-bond acceptors (Lipinski definition) is 7. The highest BCUT2D eigenvalue weighted by Gasteiger charge is 2.31. The van der Waals surface area contributed by atoms with Crippen LogP contribution in [0.1, 0.15) is 35.0 Å². The van der Waals surface area contributed by atoms with Crippen LogP contribution in [0.4, 0.5) is 19.0 Å². The lowest BCUT2D eigenvalue weighted by Gasteiger charge is -2.19. The average molecular weight is 463 g/mol. The second-order valence-corrected chi connectivity index (χ2v) is 7.41. The lowest BCUT2D eigenvalue weighted by atomic mass is 10.1. The fourth-order valence-corrected chi connectivity index (χ4v) is 3.14. The number of alkyl halides is 3. The van der Waals surface area contributed by atoms with Crippen LogP contribution in [0.15, 0.2) is 41.7 Å². The number of amides is 1. The maximum Gasteiger partial charge on any atom is 0.432 e. The van der Waals surface area contributed by atoms with Gasteiger partial charge in [-0.3, -0.25) is 9.79 Å². The molecule has 1 amide bonds. The van der Waals surface area contributed by atoms with Crippen LogP contribution in [0.2, 0.25) is 0 Å². The third-order valence-corrected chi connectivity index (χ3v) is 4.95. The minimum Gasteiger partial charge on any atom is -0.383 e. The summed E-state index contributed by atoms with van der Waals surface area (Å²) in [6.45, 7) is 9.60.